The Balaban J connectivity index is 1.87. The highest BCUT2D eigenvalue weighted by molar-refractivity contribution is 5.86. The van der Waals surface area contributed by atoms with Crippen LogP contribution in [0.1, 0.15) is 22.9 Å². The van der Waals surface area contributed by atoms with Crippen LogP contribution in [-0.2, 0) is 0 Å². The minimum absolute atomic E-state index is 0.0391. The van der Waals surface area contributed by atoms with Crippen molar-refractivity contribution in [2.45, 2.75) is 13.0 Å². The summed E-state index contributed by atoms with van der Waals surface area (Å²) in [5.74, 6) is 0. The molecule has 2 N–H and O–H groups in total. The van der Waals surface area contributed by atoms with Crippen LogP contribution in [0.15, 0.2) is 79.1 Å². The van der Waals surface area contributed by atoms with Gasteiger partial charge in [0.15, 0.2) is 0 Å². The van der Waals surface area contributed by atoms with Gasteiger partial charge in [-0.25, -0.2) is 0 Å². The molecular weight excluding hydrogens is 294 g/mol. The van der Waals surface area contributed by atoms with E-state index in [2.05, 4.69) is 64.7 Å². The van der Waals surface area contributed by atoms with E-state index in [9.17, 15) is 0 Å². The molecule has 0 saturated carbocycles. The summed E-state index contributed by atoms with van der Waals surface area (Å²) in [5, 5.41) is 4.91. The number of nitrogens with one attached hydrogen (secondary N) is 2. The Hall–Kier alpha value is -3.07. The molecule has 3 nitrogen and oxygen atoms in total. The number of rotatable bonds is 4. The van der Waals surface area contributed by atoms with Gasteiger partial charge in [-0.1, -0.05) is 42.5 Å². The van der Waals surface area contributed by atoms with Crippen molar-refractivity contribution in [1.29, 1.82) is 0 Å². The fraction of sp³-hybridized carbons (Fsp3) is 0.0952. The number of nitrogens with zero attached hydrogens (tertiary/aromatic N) is 1. The number of hydrogen-bond acceptors (Lipinski definition) is 2. The van der Waals surface area contributed by atoms with Gasteiger partial charge in [0.2, 0.25) is 0 Å². The molecule has 0 bridgehead atoms. The van der Waals surface area contributed by atoms with Crippen LogP contribution in [0, 0.1) is 6.92 Å². The summed E-state index contributed by atoms with van der Waals surface area (Å²) in [6.45, 7) is 2.13. The highest BCUT2D eigenvalue weighted by Crippen LogP contribution is 2.34. The van der Waals surface area contributed by atoms with Crippen molar-refractivity contribution in [1.82, 2.24) is 9.97 Å². The molecule has 1 atom stereocenters. The standard InChI is InChI=1S/C21H19N3/c1-15-20(18-11-5-6-12-19(18)23-15)21(16-8-7-13-22-14-16)24-17-9-3-2-4-10-17/h2-14,21,23-24H,1H3/t21-/m0/s1. The molecule has 118 valence electrons. The Morgan fingerprint density at radius 1 is 0.917 bits per heavy atom. The van der Waals surface area contributed by atoms with E-state index in [1.165, 1.54) is 16.6 Å². The van der Waals surface area contributed by atoms with E-state index >= 15 is 0 Å². The smallest absolute Gasteiger partial charge is 0.0805 e. The average molecular weight is 313 g/mol. The topological polar surface area (TPSA) is 40.7 Å². The zero-order valence-electron chi connectivity index (χ0n) is 13.5. The van der Waals surface area contributed by atoms with E-state index in [4.69, 9.17) is 0 Å². The molecule has 0 saturated heterocycles. The summed E-state index contributed by atoms with van der Waals surface area (Å²) < 4.78 is 0. The van der Waals surface area contributed by atoms with E-state index in [0.29, 0.717) is 0 Å². The first-order valence-electron chi connectivity index (χ1n) is 8.11. The summed E-state index contributed by atoms with van der Waals surface area (Å²) in [5.41, 5.74) is 5.84. The number of hydrogen-bond donors (Lipinski definition) is 2. The van der Waals surface area contributed by atoms with E-state index < -0.39 is 0 Å². The van der Waals surface area contributed by atoms with Gasteiger partial charge in [-0.2, -0.15) is 0 Å². The molecule has 24 heavy (non-hydrogen) atoms. The molecule has 0 aliphatic carbocycles. The lowest BCUT2D eigenvalue weighted by Gasteiger charge is -2.21. The number of aromatic amines is 1. The van der Waals surface area contributed by atoms with Gasteiger partial charge in [0.1, 0.15) is 0 Å². The molecule has 0 amide bonds. The first kappa shape index (κ1) is 14.5. The predicted octanol–water partition coefficient (Wildman–Crippen LogP) is 5.07. The van der Waals surface area contributed by atoms with E-state index in [1.807, 2.05) is 36.7 Å². The Kier molecular flexibility index (Phi) is 3.75. The third-order valence-corrected chi connectivity index (χ3v) is 4.33. The van der Waals surface area contributed by atoms with E-state index in [0.717, 1.165) is 16.8 Å². The van der Waals surface area contributed by atoms with Crippen LogP contribution in [0.4, 0.5) is 5.69 Å². The molecule has 0 fully saturated rings. The number of pyridine rings is 1. The second kappa shape index (κ2) is 6.20. The molecule has 0 aliphatic heterocycles. The maximum atomic E-state index is 4.32. The van der Waals surface area contributed by atoms with Gasteiger partial charge in [0.25, 0.3) is 0 Å². The molecule has 0 unspecified atom stereocenters. The highest BCUT2D eigenvalue weighted by atomic mass is 14.9. The quantitative estimate of drug-likeness (QED) is 0.552. The Bertz CT molecular complexity index is 943. The van der Waals surface area contributed by atoms with Gasteiger partial charge in [0, 0.05) is 40.2 Å². The molecule has 0 aliphatic rings. The lowest BCUT2D eigenvalue weighted by Crippen LogP contribution is -2.13. The molecule has 2 heterocycles. The average Bonchev–Trinajstić information content (AvgIpc) is 2.97. The normalized spacial score (nSPS) is 12.2. The Morgan fingerprint density at radius 3 is 2.50 bits per heavy atom. The molecule has 3 heteroatoms. The number of aromatic nitrogens is 2. The number of aryl methyl sites for hydroxylation is 1. The van der Waals surface area contributed by atoms with Crippen LogP contribution >= 0.6 is 0 Å². The molecular formula is C21H19N3. The van der Waals surface area contributed by atoms with Gasteiger partial charge >= 0.3 is 0 Å². The first-order valence-corrected chi connectivity index (χ1v) is 8.11. The van der Waals surface area contributed by atoms with Crippen LogP contribution in [0.5, 0.6) is 0 Å². The summed E-state index contributed by atoms with van der Waals surface area (Å²) in [7, 11) is 0. The monoisotopic (exact) mass is 313 g/mol. The summed E-state index contributed by atoms with van der Waals surface area (Å²) in [6, 6.07) is 22.9. The number of benzene rings is 2. The second-order valence-corrected chi connectivity index (χ2v) is 5.94. The molecule has 0 spiro atoms. The number of para-hydroxylation sites is 2. The van der Waals surface area contributed by atoms with Gasteiger partial charge in [-0.05, 0) is 36.8 Å². The largest absolute Gasteiger partial charge is 0.374 e. The van der Waals surface area contributed by atoms with Crippen LogP contribution in [0.2, 0.25) is 0 Å². The fourth-order valence-electron chi connectivity index (χ4n) is 3.24. The zero-order valence-corrected chi connectivity index (χ0v) is 13.5. The third-order valence-electron chi connectivity index (χ3n) is 4.33. The van der Waals surface area contributed by atoms with Crippen molar-refractivity contribution in [3.8, 4) is 0 Å². The summed E-state index contributed by atoms with van der Waals surface area (Å²) in [4.78, 5) is 7.82. The SMILES string of the molecule is Cc1[nH]c2ccccc2c1[C@@H](Nc1ccccc1)c1cccnc1. The van der Waals surface area contributed by atoms with Crippen molar-refractivity contribution in [2.24, 2.45) is 0 Å². The van der Waals surface area contributed by atoms with Gasteiger partial charge in [-0.15, -0.1) is 0 Å². The number of anilines is 1. The molecule has 4 aromatic rings. The van der Waals surface area contributed by atoms with Gasteiger partial charge < -0.3 is 10.3 Å². The van der Waals surface area contributed by atoms with Crippen LogP contribution in [-0.4, -0.2) is 9.97 Å². The first-order chi connectivity index (χ1) is 11.8. The van der Waals surface area contributed by atoms with Crippen molar-refractivity contribution in [3.63, 3.8) is 0 Å². The molecule has 4 rings (SSSR count). The Labute approximate surface area is 141 Å². The molecule has 2 aromatic carbocycles. The predicted molar refractivity (Wildman–Crippen MR) is 99.2 cm³/mol. The molecule has 0 radical (unpaired) electrons. The van der Waals surface area contributed by atoms with Crippen LogP contribution < -0.4 is 5.32 Å². The second-order valence-electron chi connectivity index (χ2n) is 5.94. The lowest BCUT2D eigenvalue weighted by atomic mass is 9.97. The minimum atomic E-state index is 0.0391. The van der Waals surface area contributed by atoms with Gasteiger partial charge in [0.05, 0.1) is 6.04 Å². The van der Waals surface area contributed by atoms with Crippen LogP contribution in [0.25, 0.3) is 10.9 Å². The van der Waals surface area contributed by atoms with E-state index in [1.54, 1.807) is 0 Å². The zero-order chi connectivity index (χ0) is 16.4. The van der Waals surface area contributed by atoms with Crippen molar-refractivity contribution in [3.05, 3.63) is 95.9 Å². The molecule has 2 aromatic heterocycles. The minimum Gasteiger partial charge on any atom is -0.374 e. The fourth-order valence-corrected chi connectivity index (χ4v) is 3.24. The van der Waals surface area contributed by atoms with E-state index in [-0.39, 0.29) is 6.04 Å². The maximum Gasteiger partial charge on any atom is 0.0805 e. The highest BCUT2D eigenvalue weighted by Gasteiger charge is 2.20. The Morgan fingerprint density at radius 2 is 1.71 bits per heavy atom. The number of H-pyrrole nitrogens is 1. The van der Waals surface area contributed by atoms with Gasteiger partial charge in [-0.3, -0.25) is 4.98 Å². The van der Waals surface area contributed by atoms with Crippen molar-refractivity contribution >= 4 is 16.6 Å². The number of fused-ring (bicyclic) bond motifs is 1. The third kappa shape index (κ3) is 2.65. The van der Waals surface area contributed by atoms with Crippen molar-refractivity contribution < 1.29 is 0 Å². The van der Waals surface area contributed by atoms with Crippen LogP contribution in [0.3, 0.4) is 0 Å². The maximum absolute atomic E-state index is 4.32. The summed E-state index contributed by atoms with van der Waals surface area (Å²) in [6.07, 6.45) is 3.74. The summed E-state index contributed by atoms with van der Waals surface area (Å²) >= 11 is 0. The van der Waals surface area contributed by atoms with Crippen molar-refractivity contribution in [2.75, 3.05) is 5.32 Å². The lowest BCUT2D eigenvalue weighted by molar-refractivity contribution is 0.923.